The zero-order valence-electron chi connectivity index (χ0n) is 16.1. The van der Waals surface area contributed by atoms with Crippen molar-refractivity contribution in [1.82, 2.24) is 10.2 Å². The summed E-state index contributed by atoms with van der Waals surface area (Å²) in [4.78, 5) is 48.9. The van der Waals surface area contributed by atoms with Gasteiger partial charge in [0.1, 0.15) is 0 Å². The van der Waals surface area contributed by atoms with Gasteiger partial charge in [-0.25, -0.2) is 0 Å². The number of benzene rings is 1. The van der Waals surface area contributed by atoms with Crippen LogP contribution in [0, 0.1) is 5.92 Å². The highest BCUT2D eigenvalue weighted by atomic mass is 16.4. The second-order valence-corrected chi connectivity index (χ2v) is 7.77. The summed E-state index contributed by atoms with van der Waals surface area (Å²) in [6.07, 6.45) is 6.96. The van der Waals surface area contributed by atoms with E-state index in [1.165, 1.54) is 44.5 Å². The highest BCUT2D eigenvalue weighted by molar-refractivity contribution is 6.21. The van der Waals surface area contributed by atoms with Crippen molar-refractivity contribution in [3.05, 3.63) is 34.9 Å². The molecule has 1 aromatic carbocycles. The molecule has 1 aromatic rings. The van der Waals surface area contributed by atoms with Crippen LogP contribution in [0.4, 0.5) is 0 Å². The van der Waals surface area contributed by atoms with Gasteiger partial charge in [0.25, 0.3) is 17.7 Å². The molecule has 0 aromatic heterocycles. The molecule has 3 rings (SSSR count). The van der Waals surface area contributed by atoms with E-state index in [9.17, 15) is 19.2 Å². The summed E-state index contributed by atoms with van der Waals surface area (Å²) in [5.41, 5.74) is 0.836. The first-order valence-corrected chi connectivity index (χ1v) is 9.86. The third-order valence-electron chi connectivity index (χ3n) is 5.74. The fraction of sp³-hybridized carbons (Fsp3) is 0.524. The second-order valence-electron chi connectivity index (χ2n) is 7.77. The van der Waals surface area contributed by atoms with Crippen molar-refractivity contribution in [2.45, 2.75) is 57.4 Å². The zero-order valence-corrected chi connectivity index (χ0v) is 16.1. The van der Waals surface area contributed by atoms with Crippen molar-refractivity contribution >= 4 is 23.7 Å². The summed E-state index contributed by atoms with van der Waals surface area (Å²) >= 11 is 0. The van der Waals surface area contributed by atoms with Gasteiger partial charge in [-0.2, -0.15) is 0 Å². The minimum atomic E-state index is -0.882. The maximum atomic E-state index is 12.7. The van der Waals surface area contributed by atoms with Gasteiger partial charge in [-0.3, -0.25) is 24.1 Å². The molecule has 0 spiro atoms. The van der Waals surface area contributed by atoms with Crippen LogP contribution >= 0.6 is 0 Å². The SMILES string of the molecule is CN1C(=O)c2ccc(C(=O)NC(CCC(=O)O)CC3CCCCC3)cc2C1=O. The zero-order chi connectivity index (χ0) is 20.3. The molecule has 0 radical (unpaired) electrons. The second kappa shape index (κ2) is 8.54. The number of rotatable bonds is 7. The molecule has 7 heteroatoms. The van der Waals surface area contributed by atoms with Crippen LogP contribution in [0.25, 0.3) is 0 Å². The maximum absolute atomic E-state index is 12.7. The third-order valence-corrected chi connectivity index (χ3v) is 5.74. The van der Waals surface area contributed by atoms with E-state index in [4.69, 9.17) is 5.11 Å². The first kappa shape index (κ1) is 20.0. The number of amides is 3. The molecule has 1 fully saturated rings. The number of carbonyl (C=O) groups excluding carboxylic acids is 3. The fourth-order valence-corrected chi connectivity index (χ4v) is 4.14. The van der Waals surface area contributed by atoms with Gasteiger partial charge in [-0.1, -0.05) is 32.1 Å². The first-order chi connectivity index (χ1) is 13.4. The highest BCUT2D eigenvalue weighted by Crippen LogP contribution is 2.28. The highest BCUT2D eigenvalue weighted by Gasteiger charge is 2.33. The molecule has 2 N–H and O–H groups in total. The van der Waals surface area contributed by atoms with Gasteiger partial charge in [-0.05, 0) is 37.0 Å². The summed E-state index contributed by atoms with van der Waals surface area (Å²) in [6.45, 7) is 0. The smallest absolute Gasteiger partial charge is 0.303 e. The molecule has 7 nitrogen and oxygen atoms in total. The number of hydrogen-bond donors (Lipinski definition) is 2. The lowest BCUT2D eigenvalue weighted by molar-refractivity contribution is -0.137. The number of carboxylic acids is 1. The van der Waals surface area contributed by atoms with Gasteiger partial charge in [0, 0.05) is 25.1 Å². The first-order valence-electron chi connectivity index (χ1n) is 9.86. The number of aliphatic carboxylic acids is 1. The van der Waals surface area contributed by atoms with E-state index in [2.05, 4.69) is 5.32 Å². The molecule has 1 aliphatic heterocycles. The predicted molar refractivity (Wildman–Crippen MR) is 102 cm³/mol. The molecule has 0 bridgehead atoms. The van der Waals surface area contributed by atoms with E-state index in [0.717, 1.165) is 24.2 Å². The van der Waals surface area contributed by atoms with Crippen molar-refractivity contribution in [1.29, 1.82) is 0 Å². The predicted octanol–water partition coefficient (Wildman–Crippen LogP) is 2.85. The molecule has 1 atom stereocenters. The molecular weight excluding hydrogens is 360 g/mol. The average molecular weight is 386 g/mol. The van der Waals surface area contributed by atoms with Crippen molar-refractivity contribution in [2.75, 3.05) is 7.05 Å². The van der Waals surface area contributed by atoms with Crippen LogP contribution in [0.2, 0.25) is 0 Å². The summed E-state index contributed by atoms with van der Waals surface area (Å²) in [7, 11) is 1.41. The molecular formula is C21H26N2O5. The Morgan fingerprint density at radius 2 is 1.82 bits per heavy atom. The van der Waals surface area contributed by atoms with Crippen LogP contribution in [0.15, 0.2) is 18.2 Å². The molecule has 2 aliphatic rings. The normalized spacial score (nSPS) is 18.1. The Morgan fingerprint density at radius 3 is 2.50 bits per heavy atom. The Bertz CT molecular complexity index is 798. The van der Waals surface area contributed by atoms with Crippen molar-refractivity contribution in [3.63, 3.8) is 0 Å². The topological polar surface area (TPSA) is 104 Å². The van der Waals surface area contributed by atoms with Crippen LogP contribution in [0.1, 0.15) is 82.4 Å². The van der Waals surface area contributed by atoms with Gasteiger partial charge in [0.15, 0.2) is 0 Å². The van der Waals surface area contributed by atoms with Gasteiger partial charge >= 0.3 is 5.97 Å². The Hall–Kier alpha value is -2.70. The number of nitrogens with one attached hydrogen (secondary N) is 1. The van der Waals surface area contributed by atoms with Crippen LogP contribution < -0.4 is 5.32 Å². The monoisotopic (exact) mass is 386 g/mol. The van der Waals surface area contributed by atoms with E-state index in [1.54, 1.807) is 0 Å². The number of nitrogens with zero attached hydrogens (tertiary/aromatic N) is 1. The maximum Gasteiger partial charge on any atom is 0.303 e. The lowest BCUT2D eigenvalue weighted by Crippen LogP contribution is -2.37. The Labute approximate surface area is 164 Å². The van der Waals surface area contributed by atoms with Crippen molar-refractivity contribution < 1.29 is 24.3 Å². The summed E-state index contributed by atoms with van der Waals surface area (Å²) < 4.78 is 0. The Kier molecular flexibility index (Phi) is 6.11. The largest absolute Gasteiger partial charge is 0.481 e. The molecule has 1 unspecified atom stereocenters. The lowest BCUT2D eigenvalue weighted by Gasteiger charge is -2.27. The van der Waals surface area contributed by atoms with E-state index < -0.39 is 11.9 Å². The molecule has 0 saturated heterocycles. The van der Waals surface area contributed by atoms with E-state index >= 15 is 0 Å². The minimum Gasteiger partial charge on any atom is -0.481 e. The van der Waals surface area contributed by atoms with Crippen LogP contribution in [-0.2, 0) is 4.79 Å². The number of imide groups is 1. The van der Waals surface area contributed by atoms with Crippen LogP contribution in [0.3, 0.4) is 0 Å². The van der Waals surface area contributed by atoms with E-state index in [-0.39, 0.29) is 29.8 Å². The Balaban J connectivity index is 1.71. The van der Waals surface area contributed by atoms with Gasteiger partial charge < -0.3 is 10.4 Å². The van der Waals surface area contributed by atoms with Crippen molar-refractivity contribution in [3.8, 4) is 0 Å². The summed E-state index contributed by atoms with van der Waals surface area (Å²) in [5, 5.41) is 12.0. The molecule has 1 heterocycles. The van der Waals surface area contributed by atoms with E-state index in [1.807, 2.05) is 0 Å². The number of fused-ring (bicyclic) bond motifs is 1. The molecule has 3 amide bonds. The quantitative estimate of drug-likeness (QED) is 0.701. The van der Waals surface area contributed by atoms with Crippen LogP contribution in [0.5, 0.6) is 0 Å². The van der Waals surface area contributed by atoms with Gasteiger partial charge in [-0.15, -0.1) is 0 Å². The van der Waals surface area contributed by atoms with Gasteiger partial charge in [0.05, 0.1) is 11.1 Å². The third kappa shape index (κ3) is 4.40. The number of hydrogen-bond acceptors (Lipinski definition) is 4. The minimum absolute atomic E-state index is 0.000360. The van der Waals surface area contributed by atoms with Crippen molar-refractivity contribution in [2.24, 2.45) is 5.92 Å². The van der Waals surface area contributed by atoms with Crippen LogP contribution in [-0.4, -0.2) is 46.8 Å². The fourth-order valence-electron chi connectivity index (χ4n) is 4.14. The molecule has 1 saturated carbocycles. The van der Waals surface area contributed by atoms with E-state index in [0.29, 0.717) is 23.5 Å². The molecule has 1 aliphatic carbocycles. The molecule has 28 heavy (non-hydrogen) atoms. The summed E-state index contributed by atoms with van der Waals surface area (Å²) in [5.74, 6) is -1.51. The average Bonchev–Trinajstić information content (AvgIpc) is 2.90. The Morgan fingerprint density at radius 1 is 1.14 bits per heavy atom. The molecule has 150 valence electrons. The number of carbonyl (C=O) groups is 4. The standard InChI is InChI=1S/C21H26N2O5/c1-23-20(27)16-9-7-14(12-17(16)21(23)28)19(26)22-15(8-10-18(24)25)11-13-5-3-2-4-6-13/h7,9,12-13,15H,2-6,8,10-11H2,1H3,(H,22,26)(H,24,25). The number of carboxylic acid groups (broad SMARTS) is 1. The lowest BCUT2D eigenvalue weighted by atomic mass is 9.84. The summed E-state index contributed by atoms with van der Waals surface area (Å²) in [6, 6.07) is 4.26. The van der Waals surface area contributed by atoms with Gasteiger partial charge in [0.2, 0.25) is 0 Å².